The zero-order valence-corrected chi connectivity index (χ0v) is 13.5. The van der Waals surface area contributed by atoms with E-state index in [1.54, 1.807) is 0 Å². The van der Waals surface area contributed by atoms with Crippen molar-refractivity contribution in [3.8, 4) is 0 Å². The number of nitrogens with zero attached hydrogens (tertiary/aromatic N) is 2. The van der Waals surface area contributed by atoms with Gasteiger partial charge in [0.25, 0.3) is 0 Å². The molecular formula is C18H24N2O3. The van der Waals surface area contributed by atoms with Gasteiger partial charge in [0, 0.05) is 13.1 Å². The predicted molar refractivity (Wildman–Crippen MR) is 85.8 cm³/mol. The summed E-state index contributed by atoms with van der Waals surface area (Å²) in [4.78, 5) is 16.5. The first kappa shape index (κ1) is 15.0. The van der Waals surface area contributed by atoms with Gasteiger partial charge in [-0.15, -0.1) is 0 Å². The third-order valence-corrected chi connectivity index (χ3v) is 5.62. The fourth-order valence-electron chi connectivity index (χ4n) is 4.83. The molecule has 5 atom stereocenters. The van der Waals surface area contributed by atoms with Crippen LogP contribution in [0.4, 0.5) is 4.79 Å². The van der Waals surface area contributed by atoms with Gasteiger partial charge in [-0.2, -0.15) is 0 Å². The number of carbonyl (C=O) groups is 1. The smallest absolute Gasteiger partial charge is 0.410 e. The number of ether oxygens (including phenoxy) is 1. The molecule has 0 aromatic heterocycles. The monoisotopic (exact) mass is 316 g/mol. The van der Waals surface area contributed by atoms with Gasteiger partial charge >= 0.3 is 6.09 Å². The minimum atomic E-state index is -0.472. The average Bonchev–Trinajstić information content (AvgIpc) is 2.65. The van der Waals surface area contributed by atoms with E-state index in [1.807, 2.05) is 30.0 Å². The molecule has 1 aromatic rings. The molecule has 0 radical (unpaired) electrons. The lowest BCUT2D eigenvalue weighted by Crippen LogP contribution is -2.57. The van der Waals surface area contributed by atoms with Gasteiger partial charge in [-0.05, 0) is 31.2 Å². The number of benzene rings is 1. The second-order valence-electron chi connectivity index (χ2n) is 6.97. The fraction of sp³-hybridized carbons (Fsp3) is 0.611. The zero-order chi connectivity index (χ0) is 16.0. The van der Waals surface area contributed by atoms with Crippen LogP contribution >= 0.6 is 0 Å². The van der Waals surface area contributed by atoms with Gasteiger partial charge in [0.15, 0.2) is 0 Å². The number of likely N-dealkylation sites (tertiary alicyclic amines) is 1. The fourth-order valence-corrected chi connectivity index (χ4v) is 4.83. The van der Waals surface area contributed by atoms with Crippen molar-refractivity contribution in [3.63, 3.8) is 0 Å². The minimum Gasteiger partial charge on any atom is -0.450 e. The molecule has 0 saturated carbocycles. The van der Waals surface area contributed by atoms with Crippen LogP contribution in [0.5, 0.6) is 0 Å². The summed E-state index contributed by atoms with van der Waals surface area (Å²) in [6.45, 7) is 4.06. The Morgan fingerprint density at radius 1 is 1.26 bits per heavy atom. The number of rotatable bonds is 3. The van der Waals surface area contributed by atoms with Gasteiger partial charge in [0.2, 0.25) is 0 Å². The predicted octanol–water partition coefficient (Wildman–Crippen LogP) is 1.85. The first-order valence-electron chi connectivity index (χ1n) is 8.60. The Morgan fingerprint density at radius 3 is 2.74 bits per heavy atom. The standard InChI is InChI=1S/C18H24N2O3/c1-2-23-18(22)20-14-8-13-9-15(20)17(21)16(14)19(11-13)10-12-6-4-3-5-7-12/h3-7,13-17,21H,2,8-11H2,1H3/t13?,14?,15?,16?,17-/m1/s1. The SMILES string of the molecule is CCOC(=O)N1C2CC3CC1[C@@H](O)C2N(Cc1ccccc1)C3. The number of piperidine rings is 2. The van der Waals surface area contributed by atoms with Gasteiger partial charge < -0.3 is 9.84 Å². The molecule has 4 rings (SSSR count). The van der Waals surface area contributed by atoms with E-state index >= 15 is 0 Å². The molecule has 1 N–H and O–H groups in total. The summed E-state index contributed by atoms with van der Waals surface area (Å²) in [5.74, 6) is 0.563. The van der Waals surface area contributed by atoms with Crippen molar-refractivity contribution in [2.24, 2.45) is 5.92 Å². The highest BCUT2D eigenvalue weighted by Crippen LogP contribution is 2.46. The quantitative estimate of drug-likeness (QED) is 0.925. The van der Waals surface area contributed by atoms with Crippen molar-refractivity contribution >= 4 is 6.09 Å². The molecule has 5 nitrogen and oxygen atoms in total. The molecule has 1 aromatic carbocycles. The number of carbonyl (C=O) groups excluding carboxylic acids is 1. The van der Waals surface area contributed by atoms with Crippen molar-refractivity contribution in [1.82, 2.24) is 9.80 Å². The first-order valence-corrected chi connectivity index (χ1v) is 8.60. The lowest BCUT2D eigenvalue weighted by Gasteiger charge is -2.46. The molecule has 3 aliphatic rings. The van der Waals surface area contributed by atoms with Gasteiger partial charge in [0.05, 0.1) is 30.8 Å². The van der Waals surface area contributed by atoms with Crippen LogP contribution in [0.2, 0.25) is 0 Å². The first-order chi connectivity index (χ1) is 11.2. The average molecular weight is 316 g/mol. The molecule has 3 bridgehead atoms. The third kappa shape index (κ3) is 2.42. The van der Waals surface area contributed by atoms with E-state index in [4.69, 9.17) is 4.74 Å². The summed E-state index contributed by atoms with van der Waals surface area (Å²) in [5, 5.41) is 10.8. The Bertz CT molecular complexity index is 579. The zero-order valence-electron chi connectivity index (χ0n) is 13.5. The number of hydrogen-bond donors (Lipinski definition) is 1. The van der Waals surface area contributed by atoms with Crippen LogP contribution in [-0.4, -0.2) is 58.4 Å². The normalized spacial score (nSPS) is 35.6. The number of fused-ring (bicyclic) bond motifs is 2. The van der Waals surface area contributed by atoms with E-state index in [1.165, 1.54) is 5.56 Å². The minimum absolute atomic E-state index is 0.0309. The van der Waals surface area contributed by atoms with Crippen molar-refractivity contribution < 1.29 is 14.6 Å². The summed E-state index contributed by atoms with van der Waals surface area (Å²) in [5.41, 5.74) is 1.26. The molecule has 4 unspecified atom stereocenters. The molecular weight excluding hydrogens is 292 g/mol. The molecule has 23 heavy (non-hydrogen) atoms. The summed E-state index contributed by atoms with van der Waals surface area (Å²) >= 11 is 0. The number of aliphatic hydroxyl groups excluding tert-OH is 1. The van der Waals surface area contributed by atoms with Crippen LogP contribution in [0.25, 0.3) is 0 Å². The summed E-state index contributed by atoms with van der Waals surface area (Å²) < 4.78 is 5.23. The van der Waals surface area contributed by atoms with Crippen molar-refractivity contribution in [2.45, 2.75) is 50.5 Å². The van der Waals surface area contributed by atoms with Gasteiger partial charge in [0.1, 0.15) is 0 Å². The summed E-state index contributed by atoms with van der Waals surface area (Å²) in [7, 11) is 0. The van der Waals surface area contributed by atoms with Crippen molar-refractivity contribution in [3.05, 3.63) is 35.9 Å². The third-order valence-electron chi connectivity index (χ3n) is 5.62. The van der Waals surface area contributed by atoms with Gasteiger partial charge in [-0.25, -0.2) is 4.79 Å². The van der Waals surface area contributed by atoms with Crippen LogP contribution in [0.15, 0.2) is 30.3 Å². The lowest BCUT2D eigenvalue weighted by molar-refractivity contribution is 0.00753. The second kappa shape index (κ2) is 5.80. The van der Waals surface area contributed by atoms with E-state index in [0.29, 0.717) is 12.5 Å². The Morgan fingerprint density at radius 2 is 2.00 bits per heavy atom. The Balaban J connectivity index is 1.58. The number of amides is 1. The highest BCUT2D eigenvalue weighted by atomic mass is 16.6. The maximum Gasteiger partial charge on any atom is 0.410 e. The largest absolute Gasteiger partial charge is 0.450 e. The van der Waals surface area contributed by atoms with Gasteiger partial charge in [-0.3, -0.25) is 9.80 Å². The molecule has 3 saturated heterocycles. The Kier molecular flexibility index (Phi) is 3.77. The van der Waals surface area contributed by atoms with E-state index in [9.17, 15) is 9.90 Å². The molecule has 0 aliphatic carbocycles. The highest BCUT2D eigenvalue weighted by Gasteiger charge is 2.59. The van der Waals surface area contributed by atoms with Crippen LogP contribution < -0.4 is 0 Å². The van der Waals surface area contributed by atoms with Crippen LogP contribution in [0.3, 0.4) is 0 Å². The van der Waals surface area contributed by atoms with E-state index in [0.717, 1.165) is 25.9 Å². The van der Waals surface area contributed by atoms with Crippen LogP contribution in [0.1, 0.15) is 25.3 Å². The van der Waals surface area contributed by atoms with E-state index in [2.05, 4.69) is 17.0 Å². The lowest BCUT2D eigenvalue weighted by atomic mass is 9.86. The molecule has 3 heterocycles. The molecule has 0 spiro atoms. The van der Waals surface area contributed by atoms with E-state index < -0.39 is 6.10 Å². The maximum absolute atomic E-state index is 12.3. The van der Waals surface area contributed by atoms with Crippen molar-refractivity contribution in [2.75, 3.05) is 13.2 Å². The maximum atomic E-state index is 12.3. The van der Waals surface area contributed by atoms with E-state index in [-0.39, 0.29) is 24.2 Å². The highest BCUT2D eigenvalue weighted by molar-refractivity contribution is 5.70. The van der Waals surface area contributed by atoms with Gasteiger partial charge in [-0.1, -0.05) is 30.3 Å². The molecule has 3 aliphatic heterocycles. The second-order valence-corrected chi connectivity index (χ2v) is 6.97. The Hall–Kier alpha value is -1.59. The molecule has 5 heteroatoms. The summed E-state index contributed by atoms with van der Waals surface area (Å²) in [6, 6.07) is 10.4. The van der Waals surface area contributed by atoms with Crippen LogP contribution in [0, 0.1) is 5.92 Å². The topological polar surface area (TPSA) is 53.0 Å². The molecule has 1 amide bonds. The Labute approximate surface area is 136 Å². The molecule has 3 fully saturated rings. The molecule has 124 valence electrons. The van der Waals surface area contributed by atoms with Crippen LogP contribution in [-0.2, 0) is 11.3 Å². The number of aliphatic hydroxyl groups is 1. The van der Waals surface area contributed by atoms with Crippen molar-refractivity contribution in [1.29, 1.82) is 0 Å². The summed E-state index contributed by atoms with van der Waals surface area (Å²) in [6.07, 6.45) is 1.14. The number of hydrogen-bond acceptors (Lipinski definition) is 4.